The fraction of sp³-hybridized carbons (Fsp3) is 0.818. The molecule has 0 N–H and O–H groups in total. The van der Waals surface area contributed by atoms with Crippen LogP contribution in [0.3, 0.4) is 0 Å². The van der Waals surface area contributed by atoms with Crippen LogP contribution in [0.4, 0.5) is 0 Å². The summed E-state index contributed by atoms with van der Waals surface area (Å²) in [6.45, 7) is 5.50. The van der Waals surface area contributed by atoms with Crippen LogP contribution in [-0.4, -0.2) is 24.6 Å². The minimum absolute atomic E-state index is 0.118. The van der Waals surface area contributed by atoms with Crippen molar-refractivity contribution in [3.8, 4) is 0 Å². The van der Waals surface area contributed by atoms with Crippen LogP contribution in [0, 0.1) is 11.8 Å². The number of carbonyl (C=O) groups excluding carboxylic acids is 2. The summed E-state index contributed by atoms with van der Waals surface area (Å²) in [6, 6.07) is 0. The Morgan fingerprint density at radius 2 is 1.53 bits per heavy atom. The van der Waals surface area contributed by atoms with E-state index >= 15 is 0 Å². The second kappa shape index (κ2) is 4.21. The highest BCUT2D eigenvalue weighted by molar-refractivity contribution is 5.80. The van der Waals surface area contributed by atoms with Crippen molar-refractivity contribution >= 4 is 11.9 Å². The quantitative estimate of drug-likeness (QED) is 0.654. The van der Waals surface area contributed by atoms with Gasteiger partial charge in [-0.15, -0.1) is 0 Å². The maximum atomic E-state index is 11.5. The molecule has 0 bridgehead atoms. The predicted molar refractivity (Wildman–Crippen MR) is 54.1 cm³/mol. The third-order valence-corrected chi connectivity index (χ3v) is 2.41. The van der Waals surface area contributed by atoms with Gasteiger partial charge in [-0.2, -0.15) is 0 Å². The Hall–Kier alpha value is -1.06. The van der Waals surface area contributed by atoms with E-state index in [9.17, 15) is 9.59 Å². The van der Waals surface area contributed by atoms with Gasteiger partial charge >= 0.3 is 11.9 Å². The summed E-state index contributed by atoms with van der Waals surface area (Å²) in [7, 11) is 1.36. The zero-order chi connectivity index (χ0) is 11.6. The van der Waals surface area contributed by atoms with Gasteiger partial charge in [0.1, 0.15) is 5.60 Å². The van der Waals surface area contributed by atoms with E-state index in [0.29, 0.717) is 12.8 Å². The average Bonchev–Trinajstić information content (AvgIpc) is 1.97. The largest absolute Gasteiger partial charge is 0.469 e. The van der Waals surface area contributed by atoms with Crippen molar-refractivity contribution in [3.05, 3.63) is 0 Å². The van der Waals surface area contributed by atoms with Crippen LogP contribution in [-0.2, 0) is 19.1 Å². The summed E-state index contributed by atoms with van der Waals surface area (Å²) < 4.78 is 9.80. The maximum Gasteiger partial charge on any atom is 0.309 e. The summed E-state index contributed by atoms with van der Waals surface area (Å²) in [5.74, 6) is -0.682. The highest BCUT2D eigenvalue weighted by atomic mass is 16.6. The molecule has 0 heterocycles. The first-order valence-corrected chi connectivity index (χ1v) is 5.14. The molecule has 0 aromatic carbocycles. The Bertz CT molecular complexity index is 258. The lowest BCUT2D eigenvalue weighted by Crippen LogP contribution is -2.39. The minimum atomic E-state index is -0.451. The van der Waals surface area contributed by atoms with Gasteiger partial charge in [-0.25, -0.2) is 0 Å². The molecule has 1 rings (SSSR count). The van der Waals surface area contributed by atoms with Gasteiger partial charge in [0.2, 0.25) is 0 Å². The minimum Gasteiger partial charge on any atom is -0.469 e. The van der Waals surface area contributed by atoms with Crippen LogP contribution >= 0.6 is 0 Å². The predicted octanol–water partition coefficient (Wildman–Crippen LogP) is 1.53. The smallest absolute Gasteiger partial charge is 0.309 e. The van der Waals surface area contributed by atoms with Gasteiger partial charge < -0.3 is 9.47 Å². The number of esters is 2. The van der Waals surface area contributed by atoms with Crippen molar-refractivity contribution in [1.82, 2.24) is 0 Å². The average molecular weight is 214 g/mol. The first kappa shape index (κ1) is 12.0. The third-order valence-electron chi connectivity index (χ3n) is 2.41. The van der Waals surface area contributed by atoms with Crippen molar-refractivity contribution in [2.24, 2.45) is 11.8 Å². The van der Waals surface area contributed by atoms with E-state index in [0.717, 1.165) is 0 Å². The number of ether oxygens (including phenoxy) is 2. The van der Waals surface area contributed by atoms with Gasteiger partial charge in [0, 0.05) is 0 Å². The van der Waals surface area contributed by atoms with Gasteiger partial charge in [-0.3, -0.25) is 9.59 Å². The molecular formula is C11H18O4. The lowest BCUT2D eigenvalue weighted by molar-refractivity contribution is -0.168. The Morgan fingerprint density at radius 3 is 1.93 bits per heavy atom. The molecular weight excluding hydrogens is 196 g/mol. The number of rotatable bonds is 2. The lowest BCUT2D eigenvalue weighted by Gasteiger charge is -2.33. The topological polar surface area (TPSA) is 52.6 Å². The van der Waals surface area contributed by atoms with Crippen molar-refractivity contribution in [3.63, 3.8) is 0 Å². The van der Waals surface area contributed by atoms with Crippen molar-refractivity contribution < 1.29 is 19.1 Å². The van der Waals surface area contributed by atoms with Gasteiger partial charge in [0.25, 0.3) is 0 Å². The lowest BCUT2D eigenvalue weighted by atomic mass is 9.75. The van der Waals surface area contributed by atoms with Crippen LogP contribution < -0.4 is 0 Å². The summed E-state index contributed by atoms with van der Waals surface area (Å²) >= 11 is 0. The van der Waals surface area contributed by atoms with E-state index in [4.69, 9.17) is 4.74 Å². The molecule has 86 valence electrons. The Labute approximate surface area is 89.9 Å². The number of hydrogen-bond acceptors (Lipinski definition) is 4. The van der Waals surface area contributed by atoms with Crippen LogP contribution in [0.1, 0.15) is 33.6 Å². The van der Waals surface area contributed by atoms with Crippen LogP contribution in [0.2, 0.25) is 0 Å². The summed E-state index contributed by atoms with van der Waals surface area (Å²) in [5.41, 5.74) is -0.451. The Kier molecular flexibility index (Phi) is 3.37. The van der Waals surface area contributed by atoms with E-state index in [1.165, 1.54) is 7.11 Å². The fourth-order valence-corrected chi connectivity index (χ4v) is 1.55. The highest BCUT2D eigenvalue weighted by Gasteiger charge is 2.41. The standard InChI is InChI=1S/C11H18O4/c1-11(2,3)15-10(13)8-5-7(6-8)9(12)14-4/h7-8H,5-6H2,1-4H3/t7-,8+. The summed E-state index contributed by atoms with van der Waals surface area (Å²) in [5, 5.41) is 0. The molecule has 0 aromatic heterocycles. The monoisotopic (exact) mass is 214 g/mol. The first-order valence-electron chi connectivity index (χ1n) is 5.14. The highest BCUT2D eigenvalue weighted by Crippen LogP contribution is 2.36. The molecule has 1 saturated carbocycles. The molecule has 4 nitrogen and oxygen atoms in total. The molecule has 1 fully saturated rings. The Morgan fingerprint density at radius 1 is 1.07 bits per heavy atom. The zero-order valence-corrected chi connectivity index (χ0v) is 9.70. The molecule has 0 spiro atoms. The van der Waals surface area contributed by atoms with Crippen LogP contribution in [0.25, 0.3) is 0 Å². The van der Waals surface area contributed by atoms with Gasteiger partial charge in [0.05, 0.1) is 18.9 Å². The van der Waals surface area contributed by atoms with E-state index < -0.39 is 5.60 Å². The van der Waals surface area contributed by atoms with Crippen molar-refractivity contribution in [2.45, 2.75) is 39.2 Å². The molecule has 0 atom stereocenters. The van der Waals surface area contributed by atoms with Gasteiger partial charge in [-0.05, 0) is 33.6 Å². The second-order valence-electron chi connectivity index (χ2n) is 4.92. The maximum absolute atomic E-state index is 11.5. The van der Waals surface area contributed by atoms with Crippen LogP contribution in [0.5, 0.6) is 0 Å². The molecule has 0 unspecified atom stereocenters. The molecule has 4 heteroatoms. The van der Waals surface area contributed by atoms with Gasteiger partial charge in [0.15, 0.2) is 0 Å². The molecule has 0 aliphatic heterocycles. The van der Waals surface area contributed by atoms with E-state index in [-0.39, 0.29) is 23.8 Å². The van der Waals surface area contributed by atoms with E-state index in [1.54, 1.807) is 0 Å². The normalized spacial score (nSPS) is 25.3. The molecule has 0 amide bonds. The molecule has 1 aliphatic carbocycles. The number of hydrogen-bond donors (Lipinski definition) is 0. The molecule has 1 aliphatic rings. The number of carbonyl (C=O) groups is 2. The molecule has 0 aromatic rings. The third kappa shape index (κ3) is 3.22. The van der Waals surface area contributed by atoms with E-state index in [1.807, 2.05) is 20.8 Å². The summed E-state index contributed by atoms with van der Waals surface area (Å²) in [4.78, 5) is 22.6. The van der Waals surface area contributed by atoms with Crippen molar-refractivity contribution in [1.29, 1.82) is 0 Å². The summed E-state index contributed by atoms with van der Waals surface area (Å²) in [6.07, 6.45) is 1.11. The van der Waals surface area contributed by atoms with Gasteiger partial charge in [-0.1, -0.05) is 0 Å². The van der Waals surface area contributed by atoms with Crippen LogP contribution in [0.15, 0.2) is 0 Å². The SMILES string of the molecule is COC(=O)[C@H]1C[C@@H](C(=O)OC(C)(C)C)C1. The zero-order valence-electron chi connectivity index (χ0n) is 9.70. The second-order valence-corrected chi connectivity index (χ2v) is 4.92. The van der Waals surface area contributed by atoms with Crippen molar-refractivity contribution in [2.75, 3.05) is 7.11 Å². The Balaban J connectivity index is 2.33. The van der Waals surface area contributed by atoms with E-state index in [2.05, 4.69) is 4.74 Å². The molecule has 15 heavy (non-hydrogen) atoms. The molecule has 0 radical (unpaired) electrons. The molecule has 0 saturated heterocycles. The first-order chi connectivity index (χ1) is 6.83. The fourth-order valence-electron chi connectivity index (χ4n) is 1.55. The number of methoxy groups -OCH3 is 1.